The topological polar surface area (TPSA) is 56.0 Å². The van der Waals surface area contributed by atoms with Crippen molar-refractivity contribution in [1.82, 2.24) is 24.6 Å². The number of hydrogen-bond acceptors (Lipinski definition) is 4. The van der Waals surface area contributed by atoms with Gasteiger partial charge in [0.1, 0.15) is 28.7 Å². The molecule has 0 unspecified atom stereocenters. The van der Waals surface area contributed by atoms with Gasteiger partial charge in [-0.2, -0.15) is 9.61 Å². The highest BCUT2D eigenvalue weighted by Gasteiger charge is 2.23. The zero-order chi connectivity index (χ0) is 20.1. The summed E-state index contributed by atoms with van der Waals surface area (Å²) in [5, 5.41) is 4.16. The van der Waals surface area contributed by atoms with Gasteiger partial charge >= 0.3 is 0 Å². The highest BCUT2D eigenvalue weighted by atomic mass is 19.1. The highest BCUT2D eigenvalue weighted by Crippen LogP contribution is 2.30. The van der Waals surface area contributed by atoms with Gasteiger partial charge in [0, 0.05) is 17.2 Å². The van der Waals surface area contributed by atoms with Gasteiger partial charge in [-0.15, -0.1) is 0 Å². The van der Waals surface area contributed by atoms with Crippen LogP contribution in [0, 0.1) is 17.5 Å². The lowest BCUT2D eigenvalue weighted by atomic mass is 10.0. The molecule has 0 spiro atoms. The number of imidazole rings is 1. The zero-order valence-electron chi connectivity index (χ0n) is 14.8. The lowest BCUT2D eigenvalue weighted by Gasteiger charge is -2.12. The van der Waals surface area contributed by atoms with Crippen molar-refractivity contribution in [3.63, 3.8) is 0 Å². The molecule has 0 saturated heterocycles. The number of nitrogens with zero attached hydrogens (tertiary/aromatic N) is 5. The van der Waals surface area contributed by atoms with Gasteiger partial charge < -0.3 is 0 Å². The van der Waals surface area contributed by atoms with Crippen LogP contribution in [0.4, 0.5) is 17.6 Å². The molecule has 0 aliphatic carbocycles. The summed E-state index contributed by atoms with van der Waals surface area (Å²) >= 11 is 0. The van der Waals surface area contributed by atoms with E-state index in [4.69, 9.17) is 0 Å². The van der Waals surface area contributed by atoms with Crippen molar-refractivity contribution in [2.45, 2.75) is 19.5 Å². The van der Waals surface area contributed by atoms with Gasteiger partial charge in [0.25, 0.3) is 5.78 Å². The fourth-order valence-electron chi connectivity index (χ4n) is 2.74. The minimum atomic E-state index is -1.68. The molecule has 3 heterocycles. The molecule has 9 heteroatoms. The fraction of sp³-hybridized carbons (Fsp3) is 0.158. The summed E-state index contributed by atoms with van der Waals surface area (Å²) in [6.07, 6.45) is 3.53. The van der Waals surface area contributed by atoms with Gasteiger partial charge in [-0.25, -0.2) is 27.5 Å². The second-order valence-corrected chi connectivity index (χ2v) is 6.65. The van der Waals surface area contributed by atoms with E-state index in [1.165, 1.54) is 42.9 Å². The lowest BCUT2D eigenvalue weighted by Crippen LogP contribution is -2.13. The summed E-state index contributed by atoms with van der Waals surface area (Å²) in [7, 11) is 0. The lowest BCUT2D eigenvalue weighted by molar-refractivity contribution is 0.213. The summed E-state index contributed by atoms with van der Waals surface area (Å²) in [4.78, 5) is 11.9. The Morgan fingerprint density at radius 2 is 1.71 bits per heavy atom. The predicted octanol–water partition coefficient (Wildman–Crippen LogP) is 4.48. The second kappa shape index (κ2) is 6.36. The molecule has 0 saturated carbocycles. The molecule has 0 atom stereocenters. The summed E-state index contributed by atoms with van der Waals surface area (Å²) in [6, 6.07) is 4.59. The number of fused-ring (bicyclic) bond motifs is 1. The van der Waals surface area contributed by atoms with Crippen molar-refractivity contribution in [2.75, 3.05) is 0 Å². The zero-order valence-corrected chi connectivity index (χ0v) is 14.8. The number of halogens is 4. The molecule has 0 N–H and O–H groups in total. The number of hydrogen-bond donors (Lipinski definition) is 0. The van der Waals surface area contributed by atoms with E-state index in [2.05, 4.69) is 20.1 Å². The SMILES string of the molecule is CC(C)(F)c1cnn2c(-c3ccc(F)c(-c4ncc(F)cc4F)c3)cnc2n1. The Kier molecular flexibility index (Phi) is 4.10. The van der Waals surface area contributed by atoms with E-state index >= 15 is 0 Å². The van der Waals surface area contributed by atoms with Crippen LogP contribution in [0.2, 0.25) is 0 Å². The Morgan fingerprint density at radius 1 is 0.929 bits per heavy atom. The van der Waals surface area contributed by atoms with Gasteiger partial charge in [-0.3, -0.25) is 4.98 Å². The van der Waals surface area contributed by atoms with Crippen molar-refractivity contribution < 1.29 is 17.6 Å². The molecule has 5 nitrogen and oxygen atoms in total. The molecule has 1 aromatic carbocycles. The summed E-state index contributed by atoms with van der Waals surface area (Å²) < 4.78 is 56.9. The van der Waals surface area contributed by atoms with Crippen LogP contribution in [0.3, 0.4) is 0 Å². The van der Waals surface area contributed by atoms with Crippen LogP contribution in [0.5, 0.6) is 0 Å². The summed E-state index contributed by atoms with van der Waals surface area (Å²) in [6.45, 7) is 2.71. The van der Waals surface area contributed by atoms with Gasteiger partial charge in [0.15, 0.2) is 5.82 Å². The Balaban J connectivity index is 1.84. The quantitative estimate of drug-likeness (QED) is 0.487. The number of benzene rings is 1. The molecule has 4 rings (SSSR count). The van der Waals surface area contributed by atoms with Crippen LogP contribution in [-0.2, 0) is 5.67 Å². The fourth-order valence-corrected chi connectivity index (χ4v) is 2.74. The van der Waals surface area contributed by atoms with E-state index in [-0.39, 0.29) is 22.7 Å². The van der Waals surface area contributed by atoms with Crippen molar-refractivity contribution >= 4 is 5.78 Å². The molecule has 0 fully saturated rings. The first-order valence-electron chi connectivity index (χ1n) is 8.25. The largest absolute Gasteiger partial charge is 0.251 e. The van der Waals surface area contributed by atoms with Crippen LogP contribution < -0.4 is 0 Å². The number of pyridine rings is 1. The smallest absolute Gasteiger partial charge is 0.250 e. The van der Waals surface area contributed by atoms with Crippen molar-refractivity contribution in [3.05, 3.63) is 66.0 Å². The molecule has 28 heavy (non-hydrogen) atoms. The highest BCUT2D eigenvalue weighted by molar-refractivity contribution is 5.71. The average molecular weight is 387 g/mol. The van der Waals surface area contributed by atoms with Crippen LogP contribution in [0.1, 0.15) is 19.5 Å². The molecule has 0 aliphatic heterocycles. The third kappa shape index (κ3) is 3.08. The standard InChI is InChI=1S/C19H13F4N5/c1-19(2,23)16-9-26-28-15(8-25-18(28)27-16)10-3-4-13(21)12(5-10)17-14(22)6-11(20)7-24-17/h3-9H,1-2H3. The Hall–Kier alpha value is -3.36. The van der Waals surface area contributed by atoms with Gasteiger partial charge in [0.05, 0.1) is 24.3 Å². The van der Waals surface area contributed by atoms with Crippen LogP contribution in [-0.4, -0.2) is 24.6 Å². The third-order valence-corrected chi connectivity index (χ3v) is 4.17. The first kappa shape index (κ1) is 18.0. The molecule has 0 bridgehead atoms. The third-order valence-electron chi connectivity index (χ3n) is 4.17. The van der Waals surface area contributed by atoms with Crippen molar-refractivity contribution in [1.29, 1.82) is 0 Å². The maximum Gasteiger partial charge on any atom is 0.251 e. The second-order valence-electron chi connectivity index (χ2n) is 6.65. The summed E-state index contributed by atoms with van der Waals surface area (Å²) in [5.41, 5.74) is -1.13. The first-order chi connectivity index (χ1) is 13.2. The van der Waals surface area contributed by atoms with Crippen molar-refractivity contribution in [2.24, 2.45) is 0 Å². The number of rotatable bonds is 3. The molecular weight excluding hydrogens is 374 g/mol. The monoisotopic (exact) mass is 387 g/mol. The molecule has 142 valence electrons. The first-order valence-corrected chi connectivity index (χ1v) is 8.25. The van der Waals surface area contributed by atoms with Crippen LogP contribution in [0.15, 0.2) is 42.9 Å². The Bertz CT molecular complexity index is 1200. The van der Waals surface area contributed by atoms with E-state index in [1.54, 1.807) is 0 Å². The summed E-state index contributed by atoms with van der Waals surface area (Å²) in [5.74, 6) is -2.40. The number of alkyl halides is 1. The Morgan fingerprint density at radius 3 is 2.43 bits per heavy atom. The predicted molar refractivity (Wildman–Crippen MR) is 93.5 cm³/mol. The van der Waals surface area contributed by atoms with E-state index in [0.29, 0.717) is 17.3 Å². The molecule has 4 aromatic rings. The average Bonchev–Trinajstić information content (AvgIpc) is 3.05. The minimum Gasteiger partial charge on any atom is -0.250 e. The van der Waals surface area contributed by atoms with Gasteiger partial charge in [-0.05, 0) is 32.0 Å². The van der Waals surface area contributed by atoms with Gasteiger partial charge in [0.2, 0.25) is 0 Å². The number of aromatic nitrogens is 5. The maximum absolute atomic E-state index is 14.3. The van der Waals surface area contributed by atoms with Crippen molar-refractivity contribution in [3.8, 4) is 22.5 Å². The van der Waals surface area contributed by atoms with E-state index in [9.17, 15) is 17.6 Å². The van der Waals surface area contributed by atoms with Gasteiger partial charge in [-0.1, -0.05) is 0 Å². The maximum atomic E-state index is 14.3. The van der Waals surface area contributed by atoms with Crippen LogP contribution >= 0.6 is 0 Å². The minimum absolute atomic E-state index is 0.120. The van der Waals surface area contributed by atoms with E-state index in [1.807, 2.05) is 0 Å². The molecule has 0 aliphatic rings. The van der Waals surface area contributed by atoms with E-state index in [0.717, 1.165) is 12.3 Å². The molecule has 0 radical (unpaired) electrons. The molecular formula is C19H13F4N5. The molecule has 3 aromatic heterocycles. The molecule has 0 amide bonds. The van der Waals surface area contributed by atoms with E-state index < -0.39 is 23.1 Å². The Labute approximate surface area is 156 Å². The van der Waals surface area contributed by atoms with Crippen LogP contribution in [0.25, 0.3) is 28.3 Å². The normalized spacial score (nSPS) is 11.9.